The first kappa shape index (κ1) is 26.9. The third-order valence-electron chi connectivity index (χ3n) is 6.20. The van der Waals surface area contributed by atoms with Crippen molar-refractivity contribution in [2.24, 2.45) is 5.92 Å². The third-order valence-corrected chi connectivity index (χ3v) is 10.1. The van der Waals surface area contributed by atoms with Crippen LogP contribution >= 0.6 is 34.7 Å². The summed E-state index contributed by atoms with van der Waals surface area (Å²) in [5, 5.41) is 4.65. The Morgan fingerprint density at radius 3 is 2.75 bits per heavy atom. The van der Waals surface area contributed by atoms with Gasteiger partial charge in [-0.25, -0.2) is 4.98 Å². The van der Waals surface area contributed by atoms with Gasteiger partial charge in [-0.15, -0.1) is 23.1 Å². The number of hydrogen-bond donors (Lipinski definition) is 1. The minimum atomic E-state index is -1.02. The van der Waals surface area contributed by atoms with Crippen molar-refractivity contribution in [2.75, 3.05) is 37.0 Å². The number of thiazole rings is 1. The quantitative estimate of drug-likeness (QED) is 0.343. The summed E-state index contributed by atoms with van der Waals surface area (Å²) in [5.41, 5.74) is 3.93. The SMILES string of the molecule is CS/C(=C\c1ccccc1N1CCCC(CNC(=O)c2sc(-c3ccc(Cl)cc3)nc2C)C1)S(C)=O. The monoisotopic (exact) mass is 559 g/mol. The summed E-state index contributed by atoms with van der Waals surface area (Å²) in [6.45, 7) is 4.34. The molecule has 0 saturated carbocycles. The number of para-hydroxylation sites is 1. The molecular weight excluding hydrogens is 530 g/mol. The van der Waals surface area contributed by atoms with Gasteiger partial charge in [0.25, 0.3) is 5.91 Å². The number of hydrogen-bond acceptors (Lipinski definition) is 6. The first-order valence-electron chi connectivity index (χ1n) is 11.8. The van der Waals surface area contributed by atoms with Crippen LogP contribution in [0.15, 0.2) is 52.8 Å². The summed E-state index contributed by atoms with van der Waals surface area (Å²) >= 11 is 8.94. The van der Waals surface area contributed by atoms with Crippen LogP contribution in [0.2, 0.25) is 5.02 Å². The topological polar surface area (TPSA) is 62.3 Å². The zero-order valence-electron chi connectivity index (χ0n) is 20.6. The molecule has 5 nitrogen and oxygen atoms in total. The Labute approximate surface area is 228 Å². The summed E-state index contributed by atoms with van der Waals surface area (Å²) in [7, 11) is -1.02. The number of thioether (sulfide) groups is 1. The fraction of sp³-hybridized carbons (Fsp3) is 0.333. The molecule has 1 fully saturated rings. The van der Waals surface area contributed by atoms with Gasteiger partial charge in [0.05, 0.1) is 20.7 Å². The van der Waals surface area contributed by atoms with Gasteiger partial charge in [-0.05, 0) is 61.8 Å². The van der Waals surface area contributed by atoms with Gasteiger partial charge in [-0.1, -0.05) is 41.9 Å². The van der Waals surface area contributed by atoms with Gasteiger partial charge in [0.2, 0.25) is 0 Å². The van der Waals surface area contributed by atoms with Gasteiger partial charge in [0.1, 0.15) is 9.88 Å². The van der Waals surface area contributed by atoms with E-state index < -0.39 is 10.8 Å². The summed E-state index contributed by atoms with van der Waals surface area (Å²) < 4.78 is 12.9. The van der Waals surface area contributed by atoms with Gasteiger partial charge in [0.15, 0.2) is 0 Å². The lowest BCUT2D eigenvalue weighted by atomic mass is 9.96. The third kappa shape index (κ3) is 6.59. The second-order valence-corrected chi connectivity index (χ2v) is 12.7. The van der Waals surface area contributed by atoms with Crippen LogP contribution in [0.5, 0.6) is 0 Å². The number of aromatic nitrogens is 1. The Balaban J connectivity index is 1.42. The highest BCUT2D eigenvalue weighted by Gasteiger charge is 2.23. The second kappa shape index (κ2) is 12.4. The van der Waals surface area contributed by atoms with Gasteiger partial charge in [-0.2, -0.15) is 0 Å². The van der Waals surface area contributed by atoms with Crippen LogP contribution in [0.1, 0.15) is 33.8 Å². The van der Waals surface area contributed by atoms with Crippen LogP contribution in [0.4, 0.5) is 5.69 Å². The molecule has 0 radical (unpaired) electrons. The van der Waals surface area contributed by atoms with E-state index in [0.717, 1.165) is 57.7 Å². The first-order valence-corrected chi connectivity index (χ1v) is 15.8. The Morgan fingerprint density at radius 1 is 1.28 bits per heavy atom. The average Bonchev–Trinajstić information content (AvgIpc) is 3.28. The lowest BCUT2D eigenvalue weighted by Gasteiger charge is -2.35. The number of nitrogens with one attached hydrogen (secondary N) is 1. The van der Waals surface area contributed by atoms with Crippen molar-refractivity contribution in [3.63, 3.8) is 0 Å². The van der Waals surface area contributed by atoms with E-state index in [1.165, 1.54) is 23.1 Å². The molecule has 0 spiro atoms. The Kier molecular flexibility index (Phi) is 9.28. The zero-order valence-corrected chi connectivity index (χ0v) is 23.8. The van der Waals surface area contributed by atoms with Gasteiger partial charge in [-0.3, -0.25) is 9.00 Å². The van der Waals surface area contributed by atoms with Crippen LogP contribution in [0.25, 0.3) is 16.6 Å². The zero-order chi connectivity index (χ0) is 25.7. The molecule has 190 valence electrons. The van der Waals surface area contributed by atoms with E-state index in [-0.39, 0.29) is 5.91 Å². The fourth-order valence-electron chi connectivity index (χ4n) is 4.37. The number of aryl methyl sites for hydroxylation is 1. The van der Waals surface area contributed by atoms with E-state index in [9.17, 15) is 9.00 Å². The maximum atomic E-state index is 13.0. The van der Waals surface area contributed by atoms with Crippen molar-refractivity contribution in [3.05, 3.63) is 73.9 Å². The fourth-order valence-corrected chi connectivity index (χ4v) is 6.97. The lowest BCUT2D eigenvalue weighted by molar-refractivity contribution is 0.0949. The average molecular weight is 560 g/mol. The van der Waals surface area contributed by atoms with Crippen LogP contribution < -0.4 is 10.2 Å². The summed E-state index contributed by atoms with van der Waals surface area (Å²) in [6.07, 6.45) is 7.84. The number of amides is 1. The summed E-state index contributed by atoms with van der Waals surface area (Å²) in [4.78, 5) is 20.7. The van der Waals surface area contributed by atoms with Gasteiger partial charge >= 0.3 is 0 Å². The van der Waals surface area contributed by atoms with E-state index in [4.69, 9.17) is 11.6 Å². The highest BCUT2D eigenvalue weighted by atomic mass is 35.5. The molecular formula is C27H30ClN3O2S3. The molecule has 1 aromatic heterocycles. The van der Waals surface area contributed by atoms with Crippen molar-refractivity contribution in [2.45, 2.75) is 19.8 Å². The smallest absolute Gasteiger partial charge is 0.263 e. The molecule has 2 unspecified atom stereocenters. The molecule has 1 N–H and O–H groups in total. The van der Waals surface area contributed by atoms with E-state index in [2.05, 4.69) is 27.3 Å². The Bertz CT molecular complexity index is 1270. The molecule has 9 heteroatoms. The second-order valence-electron chi connectivity index (χ2n) is 8.79. The normalized spacial score (nSPS) is 17.2. The maximum Gasteiger partial charge on any atom is 0.263 e. The number of carbonyl (C=O) groups is 1. The molecule has 1 saturated heterocycles. The minimum Gasteiger partial charge on any atom is -0.371 e. The number of rotatable bonds is 8. The van der Waals surface area contributed by atoms with E-state index in [0.29, 0.717) is 22.4 Å². The number of carbonyl (C=O) groups excluding carboxylic acids is 1. The highest BCUT2D eigenvalue weighted by Crippen LogP contribution is 2.31. The minimum absolute atomic E-state index is 0.0688. The van der Waals surface area contributed by atoms with Crippen LogP contribution in [0.3, 0.4) is 0 Å². The van der Waals surface area contributed by atoms with Crippen molar-refractivity contribution in [3.8, 4) is 10.6 Å². The number of benzene rings is 2. The maximum absolute atomic E-state index is 13.0. The summed E-state index contributed by atoms with van der Waals surface area (Å²) in [5.74, 6) is 0.282. The molecule has 36 heavy (non-hydrogen) atoms. The van der Waals surface area contributed by atoms with Crippen molar-refractivity contribution in [1.29, 1.82) is 0 Å². The van der Waals surface area contributed by atoms with E-state index >= 15 is 0 Å². The number of piperidine rings is 1. The number of halogens is 1. The lowest BCUT2D eigenvalue weighted by Crippen LogP contribution is -2.41. The predicted molar refractivity (Wildman–Crippen MR) is 157 cm³/mol. The molecule has 1 aliphatic heterocycles. The molecule has 2 aromatic carbocycles. The highest BCUT2D eigenvalue weighted by molar-refractivity contribution is 8.16. The number of anilines is 1. The molecule has 2 atom stereocenters. The molecule has 0 bridgehead atoms. The Morgan fingerprint density at radius 2 is 2.03 bits per heavy atom. The van der Waals surface area contributed by atoms with Gasteiger partial charge < -0.3 is 10.2 Å². The predicted octanol–water partition coefficient (Wildman–Crippen LogP) is 6.46. The van der Waals surface area contributed by atoms with E-state index in [1.807, 2.05) is 55.7 Å². The van der Waals surface area contributed by atoms with Gasteiger partial charge in [0, 0.05) is 42.2 Å². The van der Waals surface area contributed by atoms with Crippen LogP contribution in [-0.2, 0) is 10.8 Å². The first-order chi connectivity index (χ1) is 17.4. The van der Waals surface area contributed by atoms with Crippen LogP contribution in [0, 0.1) is 12.8 Å². The van der Waals surface area contributed by atoms with Crippen molar-refractivity contribution in [1.82, 2.24) is 10.3 Å². The molecule has 1 aliphatic rings. The molecule has 0 aliphatic carbocycles. The molecule has 2 heterocycles. The molecule has 3 aromatic rings. The van der Waals surface area contributed by atoms with E-state index in [1.54, 1.807) is 6.26 Å². The summed E-state index contributed by atoms with van der Waals surface area (Å²) in [6, 6.07) is 15.8. The van der Waals surface area contributed by atoms with Crippen molar-refractivity contribution < 1.29 is 9.00 Å². The molecule has 1 amide bonds. The Hall–Kier alpha value is -2.13. The van der Waals surface area contributed by atoms with Crippen LogP contribution in [-0.4, -0.2) is 47.2 Å². The molecule has 4 rings (SSSR count). The largest absolute Gasteiger partial charge is 0.371 e. The standard InChI is InChI=1S/C27H30ClN3O2S3/c1-18-25(35-27(30-18)20-10-12-22(28)13-11-20)26(32)29-16-19-7-6-14-31(17-19)23-9-5-4-8-21(23)15-24(34-2)36(3)33/h4-5,8-13,15,19H,6-7,14,16-17H2,1-3H3,(H,29,32)/b24-15+. The number of nitrogens with zero attached hydrogens (tertiary/aromatic N) is 2. The van der Waals surface area contributed by atoms with Crippen molar-refractivity contribution >= 4 is 63.2 Å².